The Balaban J connectivity index is 1.83. The first-order valence-electron chi connectivity index (χ1n) is 8.40. The molecule has 136 valence electrons. The zero-order valence-corrected chi connectivity index (χ0v) is 15.2. The molecule has 0 atom stereocenters. The second kappa shape index (κ2) is 7.53. The quantitative estimate of drug-likeness (QED) is 0.735. The van der Waals surface area contributed by atoms with Gasteiger partial charge in [0.05, 0.1) is 30.4 Å². The first-order valence-corrected chi connectivity index (χ1v) is 8.40. The van der Waals surface area contributed by atoms with Crippen molar-refractivity contribution in [3.8, 4) is 0 Å². The molecule has 3 aromatic rings. The van der Waals surface area contributed by atoms with Crippen LogP contribution >= 0.6 is 0 Å². The van der Waals surface area contributed by atoms with Crippen LogP contribution in [0.5, 0.6) is 0 Å². The lowest BCUT2D eigenvalue weighted by Crippen LogP contribution is -2.23. The van der Waals surface area contributed by atoms with Gasteiger partial charge in [-0.15, -0.1) is 0 Å². The lowest BCUT2D eigenvalue weighted by molar-refractivity contribution is -0.116. The third kappa shape index (κ3) is 3.67. The number of amides is 1. The second-order valence-corrected chi connectivity index (χ2v) is 6.22. The lowest BCUT2D eigenvalue weighted by atomic mass is 10.2. The summed E-state index contributed by atoms with van der Waals surface area (Å²) in [5.41, 5.74) is 3.08. The maximum absolute atomic E-state index is 12.6. The van der Waals surface area contributed by atoms with Gasteiger partial charge in [0.2, 0.25) is 5.91 Å². The van der Waals surface area contributed by atoms with Crippen molar-refractivity contribution < 1.29 is 9.53 Å². The van der Waals surface area contributed by atoms with Crippen LogP contribution in [0.25, 0.3) is 10.9 Å². The molecule has 0 spiro atoms. The molecule has 2 aromatic heterocycles. The molecule has 3 rings (SSSR count). The van der Waals surface area contributed by atoms with E-state index in [9.17, 15) is 9.59 Å². The number of hydrogen-bond acceptors (Lipinski definition) is 4. The van der Waals surface area contributed by atoms with Crippen molar-refractivity contribution in [1.82, 2.24) is 14.1 Å². The minimum atomic E-state index is -0.153. The van der Waals surface area contributed by atoms with Crippen LogP contribution in [-0.2, 0) is 22.6 Å². The summed E-state index contributed by atoms with van der Waals surface area (Å²) in [5.74, 6) is -0.143. The number of ether oxygens (including phenoxy) is 1. The molecule has 0 radical (unpaired) electrons. The molecule has 0 unspecified atom stereocenters. The van der Waals surface area contributed by atoms with E-state index in [4.69, 9.17) is 4.74 Å². The first-order chi connectivity index (χ1) is 12.5. The van der Waals surface area contributed by atoms with Crippen LogP contribution < -0.4 is 10.9 Å². The molecule has 1 N–H and O–H groups in total. The van der Waals surface area contributed by atoms with E-state index in [-0.39, 0.29) is 18.0 Å². The highest BCUT2D eigenvalue weighted by atomic mass is 16.5. The van der Waals surface area contributed by atoms with Crippen LogP contribution in [0.3, 0.4) is 0 Å². The maximum Gasteiger partial charge on any atom is 0.261 e. The lowest BCUT2D eigenvalue weighted by Gasteiger charge is -2.11. The van der Waals surface area contributed by atoms with Gasteiger partial charge in [0.25, 0.3) is 5.56 Å². The van der Waals surface area contributed by atoms with Crippen molar-refractivity contribution in [2.75, 3.05) is 19.0 Å². The largest absolute Gasteiger partial charge is 0.383 e. The molecule has 0 aliphatic carbocycles. The van der Waals surface area contributed by atoms with E-state index in [1.807, 2.05) is 30.5 Å². The van der Waals surface area contributed by atoms with Crippen molar-refractivity contribution in [2.24, 2.45) is 0 Å². The van der Waals surface area contributed by atoms with Crippen molar-refractivity contribution in [3.05, 3.63) is 58.4 Å². The Bertz CT molecular complexity index is 984. The highest BCUT2D eigenvalue weighted by Crippen LogP contribution is 2.15. The van der Waals surface area contributed by atoms with Crippen LogP contribution in [0.15, 0.2) is 41.5 Å². The summed E-state index contributed by atoms with van der Waals surface area (Å²) in [6.45, 7) is 5.02. The molecule has 0 saturated carbocycles. The predicted octanol–water partition coefficient (Wildman–Crippen LogP) is 2.10. The van der Waals surface area contributed by atoms with Crippen LogP contribution in [0.2, 0.25) is 0 Å². The number of carbonyl (C=O) groups is 1. The number of carbonyl (C=O) groups excluding carboxylic acids is 1. The number of hydrogen-bond donors (Lipinski definition) is 1. The van der Waals surface area contributed by atoms with Crippen LogP contribution in [0, 0.1) is 13.8 Å². The van der Waals surface area contributed by atoms with Crippen molar-refractivity contribution in [2.45, 2.75) is 26.9 Å². The highest BCUT2D eigenvalue weighted by molar-refractivity contribution is 5.93. The second-order valence-electron chi connectivity index (χ2n) is 6.22. The molecule has 7 heteroatoms. The molecule has 0 aliphatic rings. The van der Waals surface area contributed by atoms with Crippen molar-refractivity contribution in [3.63, 3.8) is 0 Å². The molecular weight excluding hydrogens is 332 g/mol. The fourth-order valence-electron chi connectivity index (χ4n) is 2.88. The maximum atomic E-state index is 12.6. The Kier molecular flexibility index (Phi) is 5.18. The van der Waals surface area contributed by atoms with Gasteiger partial charge in [-0.1, -0.05) is 0 Å². The molecule has 26 heavy (non-hydrogen) atoms. The molecule has 0 saturated heterocycles. The summed E-state index contributed by atoms with van der Waals surface area (Å²) in [4.78, 5) is 29.2. The summed E-state index contributed by atoms with van der Waals surface area (Å²) in [6.07, 6.45) is 1.51. The van der Waals surface area contributed by atoms with E-state index >= 15 is 0 Å². The number of methoxy groups -OCH3 is 1. The number of rotatable bonds is 6. The third-order valence-corrected chi connectivity index (χ3v) is 4.36. The molecule has 0 bridgehead atoms. The van der Waals surface area contributed by atoms with E-state index < -0.39 is 0 Å². The number of anilines is 1. The summed E-state index contributed by atoms with van der Waals surface area (Å²) < 4.78 is 8.46. The summed E-state index contributed by atoms with van der Waals surface area (Å²) in [7, 11) is 1.58. The number of aryl methyl sites for hydroxylation is 2. The minimum Gasteiger partial charge on any atom is -0.383 e. The Morgan fingerprint density at radius 2 is 1.92 bits per heavy atom. The fraction of sp³-hybridized carbons (Fsp3) is 0.316. The smallest absolute Gasteiger partial charge is 0.261 e. The van der Waals surface area contributed by atoms with Crippen LogP contribution in [-0.4, -0.2) is 33.7 Å². The number of fused-ring (bicyclic) bond motifs is 1. The molecule has 1 aromatic carbocycles. The molecule has 1 amide bonds. The predicted molar refractivity (Wildman–Crippen MR) is 100 cm³/mol. The molecular formula is C19H22N4O3. The van der Waals surface area contributed by atoms with Crippen molar-refractivity contribution in [1.29, 1.82) is 0 Å². The molecule has 7 nitrogen and oxygen atoms in total. The minimum absolute atomic E-state index is 0.143. The van der Waals surface area contributed by atoms with Gasteiger partial charge in [0.1, 0.15) is 6.54 Å². The van der Waals surface area contributed by atoms with E-state index in [1.54, 1.807) is 25.3 Å². The van der Waals surface area contributed by atoms with Crippen molar-refractivity contribution >= 4 is 22.5 Å². The summed E-state index contributed by atoms with van der Waals surface area (Å²) in [5, 5.41) is 3.32. The van der Waals surface area contributed by atoms with Gasteiger partial charge in [0, 0.05) is 24.2 Å². The Morgan fingerprint density at radius 3 is 2.62 bits per heavy atom. The summed E-state index contributed by atoms with van der Waals surface area (Å²) in [6, 6.07) is 9.11. The fourth-order valence-corrected chi connectivity index (χ4v) is 2.88. The van der Waals surface area contributed by atoms with E-state index in [0.717, 1.165) is 11.4 Å². The van der Waals surface area contributed by atoms with E-state index in [0.29, 0.717) is 29.7 Å². The van der Waals surface area contributed by atoms with Gasteiger partial charge in [0.15, 0.2) is 0 Å². The molecule has 0 aliphatic heterocycles. The molecule has 0 fully saturated rings. The van der Waals surface area contributed by atoms with Gasteiger partial charge in [-0.3, -0.25) is 14.2 Å². The standard InChI is InChI=1S/C19H22N4O3/c1-13-4-5-14(2)23(13)11-18(24)21-15-6-7-17-16(10-15)19(25)22(12-20-17)8-9-26-3/h4-7,10,12H,8-9,11H2,1-3H3,(H,21,24). The Labute approximate surface area is 151 Å². The topological polar surface area (TPSA) is 78.2 Å². The number of benzene rings is 1. The highest BCUT2D eigenvalue weighted by Gasteiger charge is 2.10. The monoisotopic (exact) mass is 354 g/mol. The normalized spacial score (nSPS) is 11.0. The Morgan fingerprint density at radius 1 is 1.19 bits per heavy atom. The van der Waals surface area contributed by atoms with E-state index in [1.165, 1.54) is 10.9 Å². The number of nitrogens with zero attached hydrogens (tertiary/aromatic N) is 3. The molecule has 2 heterocycles. The number of aromatic nitrogens is 3. The van der Waals surface area contributed by atoms with Crippen LogP contribution in [0.1, 0.15) is 11.4 Å². The van der Waals surface area contributed by atoms with Gasteiger partial charge in [-0.05, 0) is 44.2 Å². The van der Waals surface area contributed by atoms with Crippen LogP contribution in [0.4, 0.5) is 5.69 Å². The third-order valence-electron chi connectivity index (χ3n) is 4.36. The Hall–Kier alpha value is -2.93. The number of nitrogens with one attached hydrogen (secondary N) is 1. The van der Waals surface area contributed by atoms with Gasteiger partial charge >= 0.3 is 0 Å². The zero-order chi connectivity index (χ0) is 18.7. The zero-order valence-electron chi connectivity index (χ0n) is 15.2. The summed E-state index contributed by atoms with van der Waals surface area (Å²) >= 11 is 0. The van der Waals surface area contributed by atoms with Gasteiger partial charge in [-0.25, -0.2) is 4.98 Å². The van der Waals surface area contributed by atoms with E-state index in [2.05, 4.69) is 10.3 Å². The van der Waals surface area contributed by atoms with Gasteiger partial charge < -0.3 is 14.6 Å². The van der Waals surface area contributed by atoms with Gasteiger partial charge in [-0.2, -0.15) is 0 Å². The SMILES string of the molecule is COCCn1cnc2ccc(NC(=O)Cn3c(C)ccc3C)cc2c1=O. The average molecular weight is 354 g/mol. The first kappa shape index (κ1) is 17.9. The average Bonchev–Trinajstić information content (AvgIpc) is 2.93.